The zero-order valence-electron chi connectivity index (χ0n) is 12.9. The first-order chi connectivity index (χ1) is 10.5. The minimum Gasteiger partial charge on any atom is -0.435 e. The molecule has 0 radical (unpaired) electrons. The van der Waals surface area contributed by atoms with Crippen LogP contribution in [0.15, 0.2) is 34.3 Å². The highest BCUT2D eigenvalue weighted by Gasteiger charge is 2.12. The molecule has 6 nitrogen and oxygen atoms in total. The van der Waals surface area contributed by atoms with Gasteiger partial charge in [-0.15, -0.1) is 24.8 Å². The molecular weight excluding hydrogens is 363 g/mol. The summed E-state index contributed by atoms with van der Waals surface area (Å²) in [6.45, 7) is -1.19. The van der Waals surface area contributed by atoms with Crippen molar-refractivity contribution in [3.63, 3.8) is 0 Å². The number of nitrogens with two attached hydrogens (primary N) is 2. The molecule has 1 saturated heterocycles. The van der Waals surface area contributed by atoms with Crippen LogP contribution in [-0.2, 0) is 0 Å². The summed E-state index contributed by atoms with van der Waals surface area (Å²) in [6, 6.07) is 5.91. The van der Waals surface area contributed by atoms with Gasteiger partial charge in [0.15, 0.2) is 5.96 Å². The number of likely N-dealkylation sites (tertiary alicyclic amines) is 1. The number of aliphatic imine (C=N–C) groups is 2. The summed E-state index contributed by atoms with van der Waals surface area (Å²) >= 11 is 0. The molecule has 1 fully saturated rings. The van der Waals surface area contributed by atoms with Gasteiger partial charge in [-0.25, -0.2) is 4.99 Å². The van der Waals surface area contributed by atoms with Crippen LogP contribution in [0.1, 0.15) is 19.3 Å². The number of rotatable bonds is 3. The van der Waals surface area contributed by atoms with E-state index in [1.165, 1.54) is 18.6 Å². The molecule has 1 aliphatic heterocycles. The second-order valence-corrected chi connectivity index (χ2v) is 4.86. The zero-order chi connectivity index (χ0) is 15.9. The smallest absolute Gasteiger partial charge is 0.387 e. The fourth-order valence-electron chi connectivity index (χ4n) is 2.20. The van der Waals surface area contributed by atoms with Crippen molar-refractivity contribution in [3.05, 3.63) is 24.3 Å². The maximum Gasteiger partial charge on any atom is 0.387 e. The van der Waals surface area contributed by atoms with Crippen molar-refractivity contribution < 1.29 is 13.5 Å². The summed E-state index contributed by atoms with van der Waals surface area (Å²) in [5.74, 6) is 0.301. The van der Waals surface area contributed by atoms with Gasteiger partial charge in [-0.1, -0.05) is 6.07 Å². The van der Waals surface area contributed by atoms with Crippen molar-refractivity contribution in [3.8, 4) is 5.75 Å². The van der Waals surface area contributed by atoms with Crippen molar-refractivity contribution >= 4 is 42.4 Å². The van der Waals surface area contributed by atoms with Gasteiger partial charge in [0.05, 0.1) is 5.69 Å². The summed E-state index contributed by atoms with van der Waals surface area (Å²) < 4.78 is 28.6. The number of benzene rings is 1. The van der Waals surface area contributed by atoms with E-state index in [0.717, 1.165) is 25.9 Å². The van der Waals surface area contributed by atoms with Crippen LogP contribution in [0.3, 0.4) is 0 Å². The van der Waals surface area contributed by atoms with E-state index in [2.05, 4.69) is 14.7 Å². The fraction of sp³-hybridized carbons (Fsp3) is 0.429. The van der Waals surface area contributed by atoms with Crippen molar-refractivity contribution in [2.24, 2.45) is 21.5 Å². The predicted octanol–water partition coefficient (Wildman–Crippen LogP) is 2.88. The molecule has 2 rings (SSSR count). The molecule has 0 aromatic heterocycles. The molecule has 0 aliphatic carbocycles. The van der Waals surface area contributed by atoms with Crippen molar-refractivity contribution in [2.75, 3.05) is 13.1 Å². The zero-order valence-corrected chi connectivity index (χ0v) is 14.5. The first kappa shape index (κ1) is 22.2. The van der Waals surface area contributed by atoms with Crippen LogP contribution < -0.4 is 16.2 Å². The van der Waals surface area contributed by atoms with Crippen LogP contribution in [0.4, 0.5) is 14.5 Å². The minimum atomic E-state index is -2.88. The number of nitrogens with zero attached hydrogens (tertiary/aromatic N) is 3. The van der Waals surface area contributed by atoms with Gasteiger partial charge >= 0.3 is 6.61 Å². The highest BCUT2D eigenvalue weighted by atomic mass is 35.5. The molecule has 0 saturated carbocycles. The molecule has 0 bridgehead atoms. The summed E-state index contributed by atoms with van der Waals surface area (Å²) in [5, 5.41) is 0. The molecule has 0 unspecified atom stereocenters. The van der Waals surface area contributed by atoms with Gasteiger partial charge in [-0.2, -0.15) is 13.8 Å². The van der Waals surface area contributed by atoms with Crippen LogP contribution >= 0.6 is 24.8 Å². The molecule has 0 spiro atoms. The Hall–Kier alpha value is -1.80. The van der Waals surface area contributed by atoms with E-state index < -0.39 is 6.61 Å². The SMILES string of the molecule is Cl.Cl.NC(=Nc1cccc(OC(F)F)c1)/N=C(/N)N1CCCCC1. The standard InChI is InChI=1S/C14H19F2N5O.2ClH/c15-12(16)22-11-6-4-5-10(9-11)19-13(17)20-14(18)21-7-2-1-3-8-21;;/h4-6,9,12H,1-3,7-8H2,(H4,17,18,19,20);2*1H. The van der Waals surface area contributed by atoms with E-state index in [1.807, 2.05) is 4.90 Å². The summed E-state index contributed by atoms with van der Waals surface area (Å²) in [5.41, 5.74) is 12.0. The molecule has 136 valence electrons. The van der Waals surface area contributed by atoms with Crippen LogP contribution in [0, 0.1) is 0 Å². The van der Waals surface area contributed by atoms with E-state index in [4.69, 9.17) is 11.5 Å². The quantitative estimate of drug-likeness (QED) is 0.620. The van der Waals surface area contributed by atoms with Crippen LogP contribution in [-0.4, -0.2) is 36.5 Å². The average molecular weight is 384 g/mol. The second kappa shape index (κ2) is 10.9. The molecule has 0 amide bonds. The van der Waals surface area contributed by atoms with E-state index in [9.17, 15) is 8.78 Å². The number of piperidine rings is 1. The van der Waals surface area contributed by atoms with E-state index >= 15 is 0 Å². The summed E-state index contributed by atoms with van der Waals surface area (Å²) in [6.07, 6.45) is 3.32. The normalized spacial score (nSPS) is 15.5. The Kier molecular flexibility index (Phi) is 10.1. The van der Waals surface area contributed by atoms with Crippen molar-refractivity contribution in [1.29, 1.82) is 0 Å². The number of halogens is 4. The van der Waals surface area contributed by atoms with E-state index in [1.54, 1.807) is 12.1 Å². The van der Waals surface area contributed by atoms with Gasteiger partial charge in [-0.05, 0) is 31.4 Å². The molecule has 1 heterocycles. The lowest BCUT2D eigenvalue weighted by atomic mass is 10.1. The third-order valence-electron chi connectivity index (χ3n) is 3.20. The second-order valence-electron chi connectivity index (χ2n) is 4.86. The number of ether oxygens (including phenoxy) is 1. The third-order valence-corrected chi connectivity index (χ3v) is 3.20. The Bertz CT molecular complexity index is 566. The predicted molar refractivity (Wildman–Crippen MR) is 95.9 cm³/mol. The Balaban J connectivity index is 0.00000264. The number of guanidine groups is 2. The van der Waals surface area contributed by atoms with Crippen LogP contribution in [0.25, 0.3) is 0 Å². The Labute approximate surface area is 151 Å². The number of alkyl halides is 2. The van der Waals surface area contributed by atoms with Crippen LogP contribution in [0.5, 0.6) is 5.75 Å². The Morgan fingerprint density at radius 3 is 2.42 bits per heavy atom. The largest absolute Gasteiger partial charge is 0.435 e. The first-order valence-corrected chi connectivity index (χ1v) is 7.03. The van der Waals surface area contributed by atoms with Gasteiger partial charge in [0.1, 0.15) is 5.75 Å². The molecule has 1 aromatic rings. The number of hydrogen-bond acceptors (Lipinski definition) is 2. The highest BCUT2D eigenvalue weighted by Crippen LogP contribution is 2.21. The molecule has 0 atom stereocenters. The van der Waals surface area contributed by atoms with Gasteiger partial charge in [0.25, 0.3) is 0 Å². The summed E-state index contributed by atoms with van der Waals surface area (Å²) in [7, 11) is 0. The topological polar surface area (TPSA) is 89.2 Å². The van der Waals surface area contributed by atoms with E-state index in [0.29, 0.717) is 11.6 Å². The molecule has 10 heteroatoms. The summed E-state index contributed by atoms with van der Waals surface area (Å²) in [4.78, 5) is 10.0. The lowest BCUT2D eigenvalue weighted by Crippen LogP contribution is -2.41. The van der Waals surface area contributed by atoms with Crippen molar-refractivity contribution in [1.82, 2.24) is 4.90 Å². The molecule has 4 N–H and O–H groups in total. The maximum atomic E-state index is 12.2. The first-order valence-electron chi connectivity index (χ1n) is 7.03. The highest BCUT2D eigenvalue weighted by molar-refractivity contribution is 5.94. The van der Waals surface area contributed by atoms with E-state index in [-0.39, 0.29) is 36.5 Å². The number of hydrogen-bond donors (Lipinski definition) is 2. The minimum absolute atomic E-state index is 0. The lowest BCUT2D eigenvalue weighted by molar-refractivity contribution is -0.0498. The van der Waals surface area contributed by atoms with Gasteiger partial charge < -0.3 is 21.1 Å². The monoisotopic (exact) mass is 383 g/mol. The fourth-order valence-corrected chi connectivity index (χ4v) is 2.20. The van der Waals surface area contributed by atoms with Gasteiger partial charge in [0.2, 0.25) is 5.96 Å². The Morgan fingerprint density at radius 2 is 1.79 bits per heavy atom. The molecule has 1 aromatic carbocycles. The third kappa shape index (κ3) is 7.18. The molecule has 1 aliphatic rings. The lowest BCUT2D eigenvalue weighted by Gasteiger charge is -2.27. The molecular formula is C14H21Cl2F2N5O. The van der Waals surface area contributed by atoms with Gasteiger partial charge in [-0.3, -0.25) is 0 Å². The van der Waals surface area contributed by atoms with Crippen molar-refractivity contribution in [2.45, 2.75) is 25.9 Å². The van der Waals surface area contributed by atoms with Gasteiger partial charge in [0, 0.05) is 19.2 Å². The molecule has 24 heavy (non-hydrogen) atoms. The maximum absolute atomic E-state index is 12.2. The van der Waals surface area contributed by atoms with Crippen LogP contribution in [0.2, 0.25) is 0 Å². The average Bonchev–Trinajstić information content (AvgIpc) is 2.47. The Morgan fingerprint density at radius 1 is 1.12 bits per heavy atom.